The van der Waals surface area contributed by atoms with Crippen LogP contribution in [0, 0.1) is 0 Å². The fourth-order valence-corrected chi connectivity index (χ4v) is 2.75. The number of nitrogens with two attached hydrogens (primary N) is 1. The molecule has 3 aromatic rings. The number of carboxylic acids is 1. The summed E-state index contributed by atoms with van der Waals surface area (Å²) in [5.74, 6) is -1.13. The monoisotopic (exact) mass is 339 g/mol. The number of hydrogen-bond acceptors (Lipinski definition) is 4. The first kappa shape index (κ1) is 16.7. The number of carbonyl (C=O) groups is 1. The van der Waals surface area contributed by atoms with Gasteiger partial charge in [0.1, 0.15) is 0 Å². The largest absolute Gasteiger partial charge is 0.478 e. The molecule has 0 fully saturated rings. The van der Waals surface area contributed by atoms with Gasteiger partial charge in [-0.3, -0.25) is 13.9 Å². The molecule has 0 saturated heterocycles. The molecule has 7 nitrogen and oxygen atoms in total. The van der Waals surface area contributed by atoms with E-state index in [1.165, 1.54) is 22.8 Å². The van der Waals surface area contributed by atoms with Gasteiger partial charge in [0, 0.05) is 13.6 Å². The Morgan fingerprint density at radius 1 is 1.08 bits per heavy atom. The van der Waals surface area contributed by atoms with Crippen LogP contribution in [0.4, 0.5) is 0 Å². The van der Waals surface area contributed by atoms with E-state index in [-0.39, 0.29) is 17.5 Å². The number of rotatable bonds is 4. The second kappa shape index (κ2) is 6.37. The van der Waals surface area contributed by atoms with Crippen LogP contribution in [0.5, 0.6) is 0 Å². The molecule has 0 aliphatic rings. The van der Waals surface area contributed by atoms with Crippen molar-refractivity contribution in [2.24, 2.45) is 12.8 Å². The van der Waals surface area contributed by atoms with Gasteiger partial charge in [-0.25, -0.2) is 9.59 Å². The van der Waals surface area contributed by atoms with Gasteiger partial charge in [-0.05, 0) is 29.3 Å². The lowest BCUT2D eigenvalue weighted by molar-refractivity contribution is 0.0697. The Kier molecular flexibility index (Phi) is 4.24. The third-order valence-electron chi connectivity index (χ3n) is 4.20. The Bertz CT molecular complexity index is 1080. The number of nitrogens with zero attached hydrogens (tertiary/aromatic N) is 2. The number of fused-ring (bicyclic) bond motifs is 1. The summed E-state index contributed by atoms with van der Waals surface area (Å²) in [6.45, 7) is 0.513. The SMILES string of the molecule is Cn1c(=O)n(Cc2ccc(CN)cc2)c(=O)c2cc(C(=O)O)ccc21. The minimum Gasteiger partial charge on any atom is -0.478 e. The molecule has 0 atom stereocenters. The lowest BCUT2D eigenvalue weighted by Crippen LogP contribution is -2.39. The lowest BCUT2D eigenvalue weighted by Gasteiger charge is -2.11. The molecule has 2 aromatic carbocycles. The van der Waals surface area contributed by atoms with E-state index in [0.717, 1.165) is 15.7 Å². The second-order valence-corrected chi connectivity index (χ2v) is 5.79. The van der Waals surface area contributed by atoms with Gasteiger partial charge in [0.2, 0.25) is 0 Å². The van der Waals surface area contributed by atoms with E-state index in [9.17, 15) is 14.4 Å². The fraction of sp³-hybridized carbons (Fsp3) is 0.167. The first-order valence-electron chi connectivity index (χ1n) is 7.67. The van der Waals surface area contributed by atoms with Gasteiger partial charge >= 0.3 is 11.7 Å². The molecule has 7 heteroatoms. The molecule has 0 aliphatic carbocycles. The molecular formula is C18H17N3O4. The van der Waals surface area contributed by atoms with E-state index >= 15 is 0 Å². The number of hydrogen-bond donors (Lipinski definition) is 2. The molecular weight excluding hydrogens is 322 g/mol. The smallest absolute Gasteiger partial charge is 0.335 e. The fourth-order valence-electron chi connectivity index (χ4n) is 2.75. The zero-order valence-electron chi connectivity index (χ0n) is 13.6. The number of benzene rings is 2. The molecule has 3 N–H and O–H groups in total. The van der Waals surface area contributed by atoms with Gasteiger partial charge in [0.05, 0.1) is 23.0 Å². The maximum absolute atomic E-state index is 12.7. The van der Waals surface area contributed by atoms with Gasteiger partial charge in [-0.2, -0.15) is 0 Å². The summed E-state index contributed by atoms with van der Waals surface area (Å²) < 4.78 is 2.45. The molecule has 1 heterocycles. The van der Waals surface area contributed by atoms with Crippen molar-refractivity contribution in [1.29, 1.82) is 0 Å². The Hall–Kier alpha value is -3.19. The molecule has 0 saturated carbocycles. The van der Waals surface area contributed by atoms with E-state index in [1.807, 2.05) is 24.3 Å². The predicted molar refractivity (Wildman–Crippen MR) is 93.8 cm³/mol. The maximum atomic E-state index is 12.7. The van der Waals surface area contributed by atoms with Crippen LogP contribution in [-0.2, 0) is 20.1 Å². The molecule has 0 amide bonds. The van der Waals surface area contributed by atoms with E-state index < -0.39 is 17.2 Å². The predicted octanol–water partition coefficient (Wildman–Crippen LogP) is 0.905. The highest BCUT2D eigenvalue weighted by atomic mass is 16.4. The first-order valence-corrected chi connectivity index (χ1v) is 7.67. The zero-order chi connectivity index (χ0) is 18.1. The van der Waals surface area contributed by atoms with Crippen molar-refractivity contribution < 1.29 is 9.90 Å². The highest BCUT2D eigenvalue weighted by Gasteiger charge is 2.13. The molecule has 0 unspecified atom stereocenters. The van der Waals surface area contributed by atoms with Gasteiger partial charge in [-0.15, -0.1) is 0 Å². The molecule has 0 aliphatic heterocycles. The number of aromatic carboxylic acids is 1. The number of carboxylic acid groups (broad SMARTS) is 1. The highest BCUT2D eigenvalue weighted by molar-refractivity contribution is 5.93. The number of aryl methyl sites for hydroxylation is 1. The zero-order valence-corrected chi connectivity index (χ0v) is 13.6. The second-order valence-electron chi connectivity index (χ2n) is 5.79. The van der Waals surface area contributed by atoms with E-state index in [1.54, 1.807) is 7.05 Å². The average Bonchev–Trinajstić information content (AvgIpc) is 2.63. The first-order chi connectivity index (χ1) is 11.9. The molecule has 0 spiro atoms. The van der Waals surface area contributed by atoms with Crippen LogP contribution >= 0.6 is 0 Å². The van der Waals surface area contributed by atoms with Crippen LogP contribution in [0.1, 0.15) is 21.5 Å². The van der Waals surface area contributed by atoms with E-state index in [0.29, 0.717) is 12.1 Å². The molecule has 3 rings (SSSR count). The van der Waals surface area contributed by atoms with Gasteiger partial charge in [-0.1, -0.05) is 24.3 Å². The van der Waals surface area contributed by atoms with Crippen LogP contribution in [0.15, 0.2) is 52.1 Å². The Morgan fingerprint density at radius 2 is 1.72 bits per heavy atom. The van der Waals surface area contributed by atoms with Crippen molar-refractivity contribution in [2.75, 3.05) is 0 Å². The lowest BCUT2D eigenvalue weighted by atomic mass is 10.1. The summed E-state index contributed by atoms with van der Waals surface area (Å²) >= 11 is 0. The number of aromatic nitrogens is 2. The topological polar surface area (TPSA) is 107 Å². The third-order valence-corrected chi connectivity index (χ3v) is 4.20. The molecule has 0 radical (unpaired) electrons. The van der Waals surface area contributed by atoms with Crippen molar-refractivity contribution >= 4 is 16.9 Å². The van der Waals surface area contributed by atoms with Crippen molar-refractivity contribution in [2.45, 2.75) is 13.1 Å². The maximum Gasteiger partial charge on any atom is 0.335 e. The molecule has 25 heavy (non-hydrogen) atoms. The minimum atomic E-state index is -1.13. The molecule has 0 bridgehead atoms. The van der Waals surface area contributed by atoms with Crippen molar-refractivity contribution in [3.05, 3.63) is 80.0 Å². The summed E-state index contributed by atoms with van der Waals surface area (Å²) in [6, 6.07) is 11.5. The van der Waals surface area contributed by atoms with Crippen molar-refractivity contribution in [3.8, 4) is 0 Å². The van der Waals surface area contributed by atoms with Crippen LogP contribution in [0.2, 0.25) is 0 Å². The summed E-state index contributed by atoms with van der Waals surface area (Å²) in [6.07, 6.45) is 0. The quantitative estimate of drug-likeness (QED) is 0.734. The van der Waals surface area contributed by atoms with Gasteiger partial charge < -0.3 is 10.8 Å². The Morgan fingerprint density at radius 3 is 2.32 bits per heavy atom. The normalized spacial score (nSPS) is 11.0. The van der Waals surface area contributed by atoms with Gasteiger partial charge in [0.25, 0.3) is 5.56 Å². The average molecular weight is 339 g/mol. The van der Waals surface area contributed by atoms with Gasteiger partial charge in [0.15, 0.2) is 0 Å². The summed E-state index contributed by atoms with van der Waals surface area (Å²) in [7, 11) is 1.55. The van der Waals surface area contributed by atoms with Crippen LogP contribution in [0.25, 0.3) is 10.9 Å². The Balaban J connectivity index is 2.18. The summed E-state index contributed by atoms with van der Waals surface area (Å²) in [5, 5.41) is 9.32. The van der Waals surface area contributed by atoms with Crippen molar-refractivity contribution in [3.63, 3.8) is 0 Å². The summed E-state index contributed by atoms with van der Waals surface area (Å²) in [5.41, 5.74) is 6.73. The Labute approximate surface area is 142 Å². The third kappa shape index (κ3) is 2.97. The van der Waals surface area contributed by atoms with E-state index in [2.05, 4.69) is 0 Å². The minimum absolute atomic E-state index is 0.00194. The van der Waals surface area contributed by atoms with Crippen LogP contribution in [-0.4, -0.2) is 20.2 Å². The summed E-state index contributed by atoms with van der Waals surface area (Å²) in [4.78, 5) is 36.4. The molecule has 1 aromatic heterocycles. The molecule has 128 valence electrons. The van der Waals surface area contributed by atoms with Crippen LogP contribution in [0.3, 0.4) is 0 Å². The standard InChI is InChI=1S/C18H17N3O4/c1-20-15-7-6-13(17(23)24)8-14(15)16(22)21(18(20)25)10-12-4-2-11(9-19)3-5-12/h2-8H,9-10,19H2,1H3,(H,23,24). The highest BCUT2D eigenvalue weighted by Crippen LogP contribution is 2.11. The van der Waals surface area contributed by atoms with E-state index in [4.69, 9.17) is 10.8 Å². The van der Waals surface area contributed by atoms with Crippen LogP contribution < -0.4 is 17.0 Å². The van der Waals surface area contributed by atoms with Crippen molar-refractivity contribution in [1.82, 2.24) is 9.13 Å².